The molecule has 1 heterocycles. The molecular formula is C12H12ClFN4O. The van der Waals surface area contributed by atoms with Gasteiger partial charge in [-0.3, -0.25) is 0 Å². The van der Waals surface area contributed by atoms with Gasteiger partial charge in [-0.2, -0.15) is 15.0 Å². The monoisotopic (exact) mass is 282 g/mol. The van der Waals surface area contributed by atoms with Crippen molar-refractivity contribution in [3.8, 4) is 6.01 Å². The molecule has 1 N–H and O–H groups in total. The van der Waals surface area contributed by atoms with E-state index in [9.17, 15) is 4.39 Å². The highest BCUT2D eigenvalue weighted by Gasteiger charge is 2.13. The summed E-state index contributed by atoms with van der Waals surface area (Å²) in [7, 11) is 1.43. The number of ether oxygens (including phenoxy) is 1. The number of nitrogens with zero attached hydrogens (tertiary/aromatic N) is 3. The van der Waals surface area contributed by atoms with E-state index in [0.717, 1.165) is 0 Å². The smallest absolute Gasteiger partial charge is 0.322 e. The Hall–Kier alpha value is -1.95. The van der Waals surface area contributed by atoms with Crippen LogP contribution in [0.3, 0.4) is 0 Å². The normalized spacial score (nSPS) is 12.0. The number of hydrogen-bond donors (Lipinski definition) is 1. The number of aromatic nitrogens is 3. The molecule has 0 saturated heterocycles. The van der Waals surface area contributed by atoms with E-state index < -0.39 is 0 Å². The fourth-order valence-electron chi connectivity index (χ4n) is 1.59. The minimum Gasteiger partial charge on any atom is -0.467 e. The van der Waals surface area contributed by atoms with E-state index in [2.05, 4.69) is 20.3 Å². The number of anilines is 1. The maximum absolute atomic E-state index is 13.6. The van der Waals surface area contributed by atoms with E-state index in [0.29, 0.717) is 5.56 Å². The molecule has 0 aliphatic heterocycles. The van der Waals surface area contributed by atoms with Crippen LogP contribution in [0.2, 0.25) is 5.28 Å². The van der Waals surface area contributed by atoms with E-state index in [1.165, 1.54) is 13.2 Å². The second kappa shape index (κ2) is 5.79. The third-order valence-electron chi connectivity index (χ3n) is 2.49. The Morgan fingerprint density at radius 3 is 2.68 bits per heavy atom. The number of nitrogens with one attached hydrogen (secondary N) is 1. The fourth-order valence-corrected chi connectivity index (χ4v) is 1.74. The average Bonchev–Trinajstić information content (AvgIpc) is 2.38. The first kappa shape index (κ1) is 13.5. The minimum atomic E-state index is -0.315. The van der Waals surface area contributed by atoms with Crippen LogP contribution in [0.5, 0.6) is 6.01 Å². The van der Waals surface area contributed by atoms with Gasteiger partial charge >= 0.3 is 6.01 Å². The van der Waals surface area contributed by atoms with Crippen molar-refractivity contribution in [1.82, 2.24) is 15.0 Å². The van der Waals surface area contributed by atoms with Crippen molar-refractivity contribution in [3.63, 3.8) is 0 Å². The van der Waals surface area contributed by atoms with Crippen molar-refractivity contribution in [2.75, 3.05) is 12.4 Å². The molecule has 0 aliphatic carbocycles. The van der Waals surface area contributed by atoms with Gasteiger partial charge in [0.25, 0.3) is 0 Å². The van der Waals surface area contributed by atoms with E-state index in [1.54, 1.807) is 25.1 Å². The fraction of sp³-hybridized carbons (Fsp3) is 0.250. The Morgan fingerprint density at radius 1 is 1.26 bits per heavy atom. The Morgan fingerprint density at radius 2 is 2.00 bits per heavy atom. The molecule has 0 amide bonds. The molecule has 1 unspecified atom stereocenters. The van der Waals surface area contributed by atoms with E-state index in [1.807, 2.05) is 0 Å². The Bertz CT molecular complexity index is 581. The average molecular weight is 283 g/mol. The van der Waals surface area contributed by atoms with Gasteiger partial charge in [-0.15, -0.1) is 0 Å². The number of halogens is 2. The summed E-state index contributed by atoms with van der Waals surface area (Å²) in [6.07, 6.45) is 0. The third kappa shape index (κ3) is 3.29. The first-order valence-electron chi connectivity index (χ1n) is 5.56. The molecule has 2 rings (SSSR count). The summed E-state index contributed by atoms with van der Waals surface area (Å²) in [4.78, 5) is 11.6. The maximum atomic E-state index is 13.6. The van der Waals surface area contributed by atoms with Crippen LogP contribution >= 0.6 is 11.6 Å². The summed E-state index contributed by atoms with van der Waals surface area (Å²) >= 11 is 5.73. The zero-order valence-electron chi connectivity index (χ0n) is 10.4. The first-order chi connectivity index (χ1) is 9.10. The zero-order valence-corrected chi connectivity index (χ0v) is 11.1. The standard InChI is InChI=1S/C12H12ClFN4O/c1-7(8-5-3-4-6-9(8)14)15-11-16-10(13)17-12(18-11)19-2/h3-7H,1-2H3,(H,15,16,17,18). The molecule has 0 bridgehead atoms. The molecule has 0 radical (unpaired) electrons. The zero-order chi connectivity index (χ0) is 13.8. The van der Waals surface area contributed by atoms with Crippen molar-refractivity contribution < 1.29 is 9.13 Å². The van der Waals surface area contributed by atoms with E-state index >= 15 is 0 Å². The third-order valence-corrected chi connectivity index (χ3v) is 2.66. The van der Waals surface area contributed by atoms with Gasteiger partial charge in [0.15, 0.2) is 0 Å². The lowest BCUT2D eigenvalue weighted by atomic mass is 10.1. The summed E-state index contributed by atoms with van der Waals surface area (Å²) in [5, 5.41) is 2.96. The second-order valence-corrected chi connectivity index (χ2v) is 4.14. The van der Waals surface area contributed by atoms with Crippen LogP contribution in [0.25, 0.3) is 0 Å². The highest BCUT2D eigenvalue weighted by Crippen LogP contribution is 2.21. The molecule has 7 heteroatoms. The molecule has 1 aromatic heterocycles. The summed E-state index contributed by atoms with van der Waals surface area (Å²) in [5.74, 6) is -0.0674. The summed E-state index contributed by atoms with van der Waals surface area (Å²) in [6.45, 7) is 1.79. The van der Waals surface area contributed by atoms with Crippen LogP contribution in [0, 0.1) is 5.82 Å². The topological polar surface area (TPSA) is 59.9 Å². The molecule has 0 saturated carbocycles. The molecule has 0 aliphatic rings. The lowest BCUT2D eigenvalue weighted by molar-refractivity contribution is 0.378. The van der Waals surface area contributed by atoms with Crippen molar-refractivity contribution in [2.45, 2.75) is 13.0 Å². The first-order valence-corrected chi connectivity index (χ1v) is 5.94. The Labute approximate surface area is 114 Å². The molecule has 0 spiro atoms. The van der Waals surface area contributed by atoms with Crippen LogP contribution in [-0.2, 0) is 0 Å². The van der Waals surface area contributed by atoms with Crippen molar-refractivity contribution in [1.29, 1.82) is 0 Å². The van der Waals surface area contributed by atoms with Gasteiger partial charge in [0.1, 0.15) is 5.82 Å². The molecule has 5 nitrogen and oxygen atoms in total. The summed E-state index contributed by atoms with van der Waals surface area (Å²) < 4.78 is 18.5. The van der Waals surface area contributed by atoms with Crippen molar-refractivity contribution >= 4 is 17.5 Å². The van der Waals surface area contributed by atoms with Crippen LogP contribution in [-0.4, -0.2) is 22.1 Å². The molecule has 1 aromatic carbocycles. The predicted molar refractivity (Wildman–Crippen MR) is 69.8 cm³/mol. The Kier molecular flexibility index (Phi) is 4.11. The summed E-state index contributed by atoms with van der Waals surface area (Å²) in [6, 6.07) is 6.26. The highest BCUT2D eigenvalue weighted by molar-refractivity contribution is 6.28. The van der Waals surface area contributed by atoms with Crippen molar-refractivity contribution in [2.24, 2.45) is 0 Å². The number of rotatable bonds is 4. The second-order valence-electron chi connectivity index (χ2n) is 3.80. The lowest BCUT2D eigenvalue weighted by Gasteiger charge is -2.15. The molecule has 19 heavy (non-hydrogen) atoms. The van der Waals surface area contributed by atoms with Gasteiger partial charge in [0, 0.05) is 5.56 Å². The SMILES string of the molecule is COc1nc(Cl)nc(NC(C)c2ccccc2F)n1. The van der Waals surface area contributed by atoms with Crippen LogP contribution < -0.4 is 10.1 Å². The molecular weight excluding hydrogens is 271 g/mol. The predicted octanol–water partition coefficient (Wildman–Crippen LogP) is 2.85. The quantitative estimate of drug-likeness (QED) is 0.934. The highest BCUT2D eigenvalue weighted by atomic mass is 35.5. The van der Waals surface area contributed by atoms with Gasteiger partial charge in [0.05, 0.1) is 13.2 Å². The van der Waals surface area contributed by atoms with Crippen LogP contribution in [0.4, 0.5) is 10.3 Å². The van der Waals surface area contributed by atoms with Crippen LogP contribution in [0.1, 0.15) is 18.5 Å². The van der Waals surface area contributed by atoms with Crippen LogP contribution in [0.15, 0.2) is 24.3 Å². The van der Waals surface area contributed by atoms with Gasteiger partial charge < -0.3 is 10.1 Å². The number of benzene rings is 1. The van der Waals surface area contributed by atoms with E-state index in [-0.39, 0.29) is 29.1 Å². The number of hydrogen-bond acceptors (Lipinski definition) is 5. The molecule has 0 fully saturated rings. The van der Waals surface area contributed by atoms with Gasteiger partial charge in [-0.1, -0.05) is 18.2 Å². The lowest BCUT2D eigenvalue weighted by Crippen LogP contribution is -2.12. The Balaban J connectivity index is 2.21. The van der Waals surface area contributed by atoms with Gasteiger partial charge in [-0.05, 0) is 24.6 Å². The van der Waals surface area contributed by atoms with E-state index in [4.69, 9.17) is 16.3 Å². The van der Waals surface area contributed by atoms with Gasteiger partial charge in [-0.25, -0.2) is 4.39 Å². The molecule has 2 aromatic rings. The number of methoxy groups -OCH3 is 1. The minimum absolute atomic E-state index is 0.00934. The molecule has 100 valence electrons. The van der Waals surface area contributed by atoms with Crippen molar-refractivity contribution in [3.05, 3.63) is 40.9 Å². The van der Waals surface area contributed by atoms with Gasteiger partial charge in [0.2, 0.25) is 11.2 Å². The largest absolute Gasteiger partial charge is 0.467 e. The maximum Gasteiger partial charge on any atom is 0.322 e. The summed E-state index contributed by atoms with van der Waals surface area (Å²) in [5.41, 5.74) is 0.512. The molecule has 1 atom stereocenters.